The third-order valence-electron chi connectivity index (χ3n) is 2.83. The molecule has 0 unspecified atom stereocenters. The zero-order chi connectivity index (χ0) is 14.6. The molecule has 1 N–H and O–H groups in total. The fraction of sp³-hybridized carbons (Fsp3) is 0.688. The first-order valence-corrected chi connectivity index (χ1v) is 7.59. The van der Waals surface area contributed by atoms with E-state index < -0.39 is 0 Å². The maximum Gasteiger partial charge on any atom is 0.217 e. The highest BCUT2D eigenvalue weighted by Gasteiger charge is 2.04. The highest BCUT2D eigenvalue weighted by Crippen LogP contribution is 2.13. The van der Waals surface area contributed by atoms with Gasteiger partial charge in [0.2, 0.25) is 5.88 Å². The van der Waals surface area contributed by atoms with Crippen LogP contribution < -0.4 is 10.1 Å². The van der Waals surface area contributed by atoms with Crippen molar-refractivity contribution in [1.82, 2.24) is 10.3 Å². The smallest absolute Gasteiger partial charge is 0.217 e. The summed E-state index contributed by atoms with van der Waals surface area (Å²) in [6, 6.07) is 3.99. The summed E-state index contributed by atoms with van der Waals surface area (Å²) in [6.45, 7) is 10.3. The Hall–Kier alpha value is -1.13. The van der Waals surface area contributed by atoms with Crippen LogP contribution in [0.15, 0.2) is 18.3 Å². The third kappa shape index (κ3) is 7.46. The van der Waals surface area contributed by atoms with Crippen molar-refractivity contribution in [3.8, 4) is 5.88 Å². The maximum absolute atomic E-state index is 5.70. The molecular weight excluding hydrogens is 252 g/mol. The number of nitrogens with one attached hydrogen (secondary N) is 1. The minimum atomic E-state index is 0.553. The second-order valence-corrected chi connectivity index (χ2v) is 5.31. The van der Waals surface area contributed by atoms with Gasteiger partial charge < -0.3 is 14.8 Å². The van der Waals surface area contributed by atoms with Crippen molar-refractivity contribution in [3.63, 3.8) is 0 Å². The molecule has 4 nitrogen and oxygen atoms in total. The summed E-state index contributed by atoms with van der Waals surface area (Å²) in [5.41, 5.74) is 1.10. The molecule has 0 saturated carbocycles. The molecule has 0 aliphatic heterocycles. The fourth-order valence-electron chi connectivity index (χ4n) is 1.73. The van der Waals surface area contributed by atoms with Crippen LogP contribution in [-0.2, 0) is 11.3 Å². The largest absolute Gasteiger partial charge is 0.475 e. The lowest BCUT2D eigenvalue weighted by atomic mass is 10.2. The molecule has 0 saturated heterocycles. The summed E-state index contributed by atoms with van der Waals surface area (Å²) < 4.78 is 11.2. The SMILES string of the molecule is CCCCOCCOc1ncccc1CNCC(C)C. The molecular formula is C16H28N2O2. The van der Waals surface area contributed by atoms with Crippen LogP contribution in [0.3, 0.4) is 0 Å². The van der Waals surface area contributed by atoms with Gasteiger partial charge >= 0.3 is 0 Å². The van der Waals surface area contributed by atoms with Crippen LogP contribution in [0, 0.1) is 5.92 Å². The Morgan fingerprint density at radius 1 is 1.25 bits per heavy atom. The monoisotopic (exact) mass is 280 g/mol. The Bertz CT molecular complexity index is 356. The first-order valence-electron chi connectivity index (χ1n) is 7.59. The van der Waals surface area contributed by atoms with E-state index in [1.54, 1.807) is 6.20 Å². The van der Waals surface area contributed by atoms with Crippen LogP contribution >= 0.6 is 0 Å². The standard InChI is InChI=1S/C16H28N2O2/c1-4-5-9-19-10-11-20-16-15(7-6-8-18-16)13-17-12-14(2)3/h6-8,14,17H,4-5,9-13H2,1-3H3. The fourth-order valence-corrected chi connectivity index (χ4v) is 1.73. The first-order chi connectivity index (χ1) is 9.74. The minimum absolute atomic E-state index is 0.553. The van der Waals surface area contributed by atoms with Crippen LogP contribution in [-0.4, -0.2) is 31.3 Å². The second-order valence-electron chi connectivity index (χ2n) is 5.31. The topological polar surface area (TPSA) is 43.4 Å². The minimum Gasteiger partial charge on any atom is -0.475 e. The predicted octanol–water partition coefficient (Wildman–Crippen LogP) is 3.02. The molecule has 1 rings (SSSR count). The van der Waals surface area contributed by atoms with E-state index in [1.165, 1.54) is 0 Å². The Labute approximate surface area is 122 Å². The van der Waals surface area contributed by atoms with Crippen molar-refractivity contribution >= 4 is 0 Å². The van der Waals surface area contributed by atoms with Crippen molar-refractivity contribution in [2.75, 3.05) is 26.4 Å². The Morgan fingerprint density at radius 2 is 2.10 bits per heavy atom. The zero-order valence-corrected chi connectivity index (χ0v) is 13.0. The highest BCUT2D eigenvalue weighted by molar-refractivity contribution is 5.25. The molecule has 114 valence electrons. The van der Waals surface area contributed by atoms with E-state index in [4.69, 9.17) is 9.47 Å². The van der Waals surface area contributed by atoms with Gasteiger partial charge in [-0.25, -0.2) is 4.98 Å². The van der Waals surface area contributed by atoms with E-state index in [-0.39, 0.29) is 0 Å². The quantitative estimate of drug-likeness (QED) is 0.633. The molecule has 0 spiro atoms. The summed E-state index contributed by atoms with van der Waals surface area (Å²) in [5.74, 6) is 1.35. The van der Waals surface area contributed by atoms with E-state index in [2.05, 4.69) is 31.1 Å². The molecule has 0 bridgehead atoms. The molecule has 0 aliphatic carbocycles. The predicted molar refractivity (Wildman–Crippen MR) is 82.0 cm³/mol. The van der Waals surface area contributed by atoms with Crippen LogP contribution in [0.1, 0.15) is 39.2 Å². The van der Waals surface area contributed by atoms with Crippen LogP contribution in [0.5, 0.6) is 5.88 Å². The third-order valence-corrected chi connectivity index (χ3v) is 2.83. The van der Waals surface area contributed by atoms with E-state index in [9.17, 15) is 0 Å². The highest BCUT2D eigenvalue weighted by atomic mass is 16.5. The first kappa shape index (κ1) is 16.9. The van der Waals surface area contributed by atoms with Crippen LogP contribution in [0.25, 0.3) is 0 Å². The Morgan fingerprint density at radius 3 is 2.85 bits per heavy atom. The molecule has 0 radical (unpaired) electrons. The van der Waals surface area contributed by atoms with Gasteiger partial charge in [-0.05, 0) is 24.9 Å². The molecule has 1 aromatic heterocycles. The number of unbranched alkanes of at least 4 members (excludes halogenated alkanes) is 1. The Balaban J connectivity index is 2.29. The average Bonchev–Trinajstić information content (AvgIpc) is 2.44. The summed E-state index contributed by atoms with van der Waals surface area (Å²) in [5, 5.41) is 3.41. The van der Waals surface area contributed by atoms with Crippen molar-refractivity contribution < 1.29 is 9.47 Å². The van der Waals surface area contributed by atoms with Gasteiger partial charge in [0.05, 0.1) is 6.61 Å². The lowest BCUT2D eigenvalue weighted by molar-refractivity contribution is 0.0961. The number of hydrogen-bond donors (Lipinski definition) is 1. The van der Waals surface area contributed by atoms with Crippen molar-refractivity contribution in [2.45, 2.75) is 40.2 Å². The molecule has 1 heterocycles. The van der Waals surface area contributed by atoms with Gasteiger partial charge in [-0.1, -0.05) is 33.3 Å². The van der Waals surface area contributed by atoms with Crippen molar-refractivity contribution in [3.05, 3.63) is 23.9 Å². The lowest BCUT2D eigenvalue weighted by Gasteiger charge is -2.12. The van der Waals surface area contributed by atoms with Crippen LogP contribution in [0.2, 0.25) is 0 Å². The van der Waals surface area contributed by atoms with Gasteiger partial charge in [-0.2, -0.15) is 0 Å². The van der Waals surface area contributed by atoms with E-state index in [1.807, 2.05) is 12.1 Å². The number of aromatic nitrogens is 1. The summed E-state index contributed by atoms with van der Waals surface area (Å²) in [4.78, 5) is 4.29. The normalized spacial score (nSPS) is 11.0. The van der Waals surface area contributed by atoms with Gasteiger partial charge in [-0.15, -0.1) is 0 Å². The molecule has 0 fully saturated rings. The van der Waals surface area contributed by atoms with Crippen molar-refractivity contribution in [1.29, 1.82) is 0 Å². The molecule has 20 heavy (non-hydrogen) atoms. The van der Waals surface area contributed by atoms with E-state index in [0.717, 1.165) is 38.1 Å². The number of hydrogen-bond acceptors (Lipinski definition) is 4. The van der Waals surface area contributed by atoms with E-state index in [0.29, 0.717) is 25.0 Å². The maximum atomic E-state index is 5.70. The number of ether oxygens (including phenoxy) is 2. The number of nitrogens with zero attached hydrogens (tertiary/aromatic N) is 1. The number of rotatable bonds is 11. The average molecular weight is 280 g/mol. The molecule has 0 aromatic carbocycles. The summed E-state index contributed by atoms with van der Waals surface area (Å²) in [6.07, 6.45) is 4.03. The molecule has 1 aromatic rings. The molecule has 0 atom stereocenters. The zero-order valence-electron chi connectivity index (χ0n) is 13.0. The molecule has 0 aliphatic rings. The lowest BCUT2D eigenvalue weighted by Crippen LogP contribution is -2.20. The molecule has 4 heteroatoms. The van der Waals surface area contributed by atoms with Gasteiger partial charge in [-0.3, -0.25) is 0 Å². The summed E-state index contributed by atoms with van der Waals surface area (Å²) >= 11 is 0. The van der Waals surface area contributed by atoms with Gasteiger partial charge in [0.1, 0.15) is 6.61 Å². The van der Waals surface area contributed by atoms with Crippen LogP contribution in [0.4, 0.5) is 0 Å². The second kappa shape index (κ2) is 10.6. The van der Waals surface area contributed by atoms with Gasteiger partial charge in [0, 0.05) is 24.9 Å². The Kier molecular flexibility index (Phi) is 9.00. The van der Waals surface area contributed by atoms with E-state index >= 15 is 0 Å². The number of pyridine rings is 1. The summed E-state index contributed by atoms with van der Waals surface area (Å²) in [7, 11) is 0. The van der Waals surface area contributed by atoms with Gasteiger partial charge in [0.25, 0.3) is 0 Å². The molecule has 0 amide bonds. The van der Waals surface area contributed by atoms with Gasteiger partial charge in [0.15, 0.2) is 0 Å². The van der Waals surface area contributed by atoms with Crippen molar-refractivity contribution in [2.24, 2.45) is 5.92 Å².